The smallest absolute Gasteiger partial charge is 0.410 e. The summed E-state index contributed by atoms with van der Waals surface area (Å²) in [5.74, 6) is -2.59. The number of carbonyl (C=O) groups is 5. The number of amides is 4. The van der Waals surface area contributed by atoms with Gasteiger partial charge < -0.3 is 30.1 Å². The molecule has 3 N–H and O–H groups in total. The molecule has 5 aliphatic rings. The number of carboxylic acid groups (broad SMARTS) is 1. The molecule has 5 atom stereocenters. The van der Waals surface area contributed by atoms with Crippen LogP contribution >= 0.6 is 0 Å². The van der Waals surface area contributed by atoms with Crippen LogP contribution in [0, 0.1) is 5.92 Å². The number of carbonyl (C=O) groups excluding carboxylic acids is 4. The predicted molar refractivity (Wildman–Crippen MR) is 158 cm³/mol. The average molecular weight is 624 g/mol. The van der Waals surface area contributed by atoms with Crippen LogP contribution in [0.2, 0.25) is 0 Å². The third-order valence-corrected chi connectivity index (χ3v) is 9.74. The van der Waals surface area contributed by atoms with Crippen molar-refractivity contribution in [1.82, 2.24) is 25.4 Å². The maximum atomic E-state index is 14.1. The van der Waals surface area contributed by atoms with Gasteiger partial charge in [0.2, 0.25) is 11.8 Å². The largest absolute Gasteiger partial charge is 0.479 e. The Morgan fingerprint density at radius 2 is 1.78 bits per heavy atom. The van der Waals surface area contributed by atoms with Crippen molar-refractivity contribution in [3.8, 4) is 0 Å². The number of nitrogens with one attached hydrogen (secondary N) is 2. The van der Waals surface area contributed by atoms with E-state index < -0.39 is 53.7 Å². The zero-order valence-electron chi connectivity index (χ0n) is 25.3. The van der Waals surface area contributed by atoms with Gasteiger partial charge in [0.15, 0.2) is 0 Å². The highest BCUT2D eigenvalue weighted by molar-refractivity contribution is 5.96. The lowest BCUT2D eigenvalue weighted by Gasteiger charge is -2.29. The number of ether oxygens (including phenoxy) is 2. The highest BCUT2D eigenvalue weighted by Gasteiger charge is 2.61. The second-order valence-corrected chi connectivity index (χ2v) is 12.9. The summed E-state index contributed by atoms with van der Waals surface area (Å²) in [7, 11) is 0. The minimum atomic E-state index is -1.45. The third-order valence-electron chi connectivity index (χ3n) is 9.74. The van der Waals surface area contributed by atoms with E-state index in [1.807, 2.05) is 18.2 Å². The van der Waals surface area contributed by atoms with E-state index in [1.165, 1.54) is 9.80 Å². The Hall–Kier alpha value is -4.16. The van der Waals surface area contributed by atoms with Crippen LogP contribution in [-0.4, -0.2) is 86.2 Å². The molecule has 2 saturated carbocycles. The highest BCUT2D eigenvalue weighted by Crippen LogP contribution is 2.45. The molecule has 0 spiro atoms. The number of pyridine rings is 1. The van der Waals surface area contributed by atoms with Crippen LogP contribution in [0.1, 0.15) is 81.8 Å². The summed E-state index contributed by atoms with van der Waals surface area (Å²) in [5, 5.41) is 15.5. The summed E-state index contributed by atoms with van der Waals surface area (Å²) in [5.41, 5.74) is 0.449. The van der Waals surface area contributed by atoms with Crippen LogP contribution in [0.15, 0.2) is 30.6 Å². The Morgan fingerprint density at radius 3 is 2.56 bits per heavy atom. The number of allylic oxidation sites excluding steroid dienone is 1. The molecular formula is C32H41N5O8. The lowest BCUT2D eigenvalue weighted by atomic mass is 10.0. The maximum absolute atomic E-state index is 14.1. The van der Waals surface area contributed by atoms with Crippen molar-refractivity contribution in [2.75, 3.05) is 6.54 Å². The number of aliphatic carboxylic acids is 1. The van der Waals surface area contributed by atoms with E-state index in [2.05, 4.69) is 15.6 Å². The second-order valence-electron chi connectivity index (χ2n) is 12.9. The van der Waals surface area contributed by atoms with E-state index >= 15 is 0 Å². The molecule has 4 heterocycles. The zero-order chi connectivity index (χ0) is 31.6. The molecule has 13 heteroatoms. The van der Waals surface area contributed by atoms with Crippen molar-refractivity contribution in [2.45, 2.75) is 114 Å². The Bertz CT molecular complexity index is 1340. The van der Waals surface area contributed by atoms with Gasteiger partial charge in [-0.2, -0.15) is 0 Å². The quantitative estimate of drug-likeness (QED) is 0.427. The van der Waals surface area contributed by atoms with Gasteiger partial charge in [0.05, 0.1) is 13.1 Å². The normalized spacial score (nSPS) is 31.0. The fourth-order valence-corrected chi connectivity index (χ4v) is 7.05. The number of rotatable bonds is 4. The standard InChI is InChI=1S/C32H41N5O8/c38-27-26-14-24(45-31(43)36-17-20-12-13-33-16-21(20)18-36)19-37(26)28(39)25(34-30(42)44-23-9-6-7-10-23)11-5-3-1-2-4-8-22-15-32(22,35-27)29(40)41/h4,8,12-13,16,22-26H,1-3,5-7,9-11,14-15,17-19H2,(H,34,42)(H,35,38)(H,40,41)/b8-4-/t22-,24+,25-,26-,32+/m0/s1. The highest BCUT2D eigenvalue weighted by atomic mass is 16.6. The summed E-state index contributed by atoms with van der Waals surface area (Å²) in [6, 6.07) is -0.189. The van der Waals surface area contributed by atoms with E-state index in [1.54, 1.807) is 12.4 Å². The predicted octanol–water partition coefficient (Wildman–Crippen LogP) is 3.02. The van der Waals surface area contributed by atoms with E-state index in [0.717, 1.165) is 56.1 Å². The van der Waals surface area contributed by atoms with Crippen molar-refractivity contribution < 1.29 is 38.6 Å². The summed E-state index contributed by atoms with van der Waals surface area (Å²) in [6.45, 7) is 0.637. The molecule has 6 rings (SSSR count). The summed E-state index contributed by atoms with van der Waals surface area (Å²) in [6.07, 6.45) is 12.1. The van der Waals surface area contributed by atoms with Crippen molar-refractivity contribution in [3.63, 3.8) is 0 Å². The number of fused-ring (bicyclic) bond motifs is 3. The van der Waals surface area contributed by atoms with Crippen LogP contribution in [0.4, 0.5) is 9.59 Å². The van der Waals surface area contributed by atoms with Gasteiger partial charge in [0.25, 0.3) is 0 Å². The minimum absolute atomic E-state index is 0.00109. The number of nitrogens with zero attached hydrogens (tertiary/aromatic N) is 3. The molecule has 0 aromatic carbocycles. The van der Waals surface area contributed by atoms with Crippen LogP contribution in [0.3, 0.4) is 0 Å². The molecule has 1 saturated heterocycles. The third kappa shape index (κ3) is 6.76. The van der Waals surface area contributed by atoms with Gasteiger partial charge in [-0.3, -0.25) is 19.5 Å². The fraction of sp³-hybridized carbons (Fsp3) is 0.625. The average Bonchev–Trinajstić information content (AvgIpc) is 3.43. The first-order valence-electron chi connectivity index (χ1n) is 16.1. The van der Waals surface area contributed by atoms with Crippen LogP contribution in [0.25, 0.3) is 0 Å². The molecule has 3 fully saturated rings. The molecule has 1 aromatic heterocycles. The first-order chi connectivity index (χ1) is 21.7. The van der Waals surface area contributed by atoms with Crippen LogP contribution in [0.5, 0.6) is 0 Å². The van der Waals surface area contributed by atoms with E-state index in [-0.39, 0.29) is 31.4 Å². The first-order valence-corrected chi connectivity index (χ1v) is 16.1. The molecule has 1 aromatic rings. The van der Waals surface area contributed by atoms with Crippen molar-refractivity contribution in [1.29, 1.82) is 0 Å². The zero-order valence-corrected chi connectivity index (χ0v) is 25.3. The Morgan fingerprint density at radius 1 is 1.00 bits per heavy atom. The van der Waals surface area contributed by atoms with E-state index in [9.17, 15) is 29.1 Å². The summed E-state index contributed by atoms with van der Waals surface area (Å²) < 4.78 is 11.4. The first kappa shape index (κ1) is 30.8. The molecule has 45 heavy (non-hydrogen) atoms. The number of carboxylic acids is 1. The van der Waals surface area contributed by atoms with E-state index in [4.69, 9.17) is 9.47 Å². The van der Waals surface area contributed by atoms with Gasteiger partial charge in [-0.15, -0.1) is 0 Å². The Kier molecular flexibility index (Phi) is 8.95. The van der Waals surface area contributed by atoms with Crippen molar-refractivity contribution >= 4 is 30.0 Å². The number of alkyl carbamates (subject to hydrolysis) is 1. The summed E-state index contributed by atoms with van der Waals surface area (Å²) >= 11 is 0. The number of aromatic nitrogens is 1. The molecule has 0 bridgehead atoms. The lowest BCUT2D eigenvalue weighted by Crippen LogP contribution is -2.56. The second kappa shape index (κ2) is 13.1. The van der Waals surface area contributed by atoms with Crippen LogP contribution in [-0.2, 0) is 36.9 Å². The topological polar surface area (TPSA) is 167 Å². The van der Waals surface area contributed by atoms with Crippen molar-refractivity contribution in [3.05, 3.63) is 41.7 Å². The van der Waals surface area contributed by atoms with Gasteiger partial charge in [-0.25, -0.2) is 14.4 Å². The number of hydrogen-bond donors (Lipinski definition) is 3. The fourth-order valence-electron chi connectivity index (χ4n) is 7.05. The maximum Gasteiger partial charge on any atom is 0.410 e. The SMILES string of the molecule is O=C(N[C@H]1CCCCC/C=C\[C@H]2C[C@@]2(C(=O)O)NC(=O)[C@@H]2C[C@@H](OC(=O)N3Cc4ccncc4C3)CN2C1=O)OC1CCCC1. The monoisotopic (exact) mass is 623 g/mol. The van der Waals surface area contributed by atoms with Gasteiger partial charge >= 0.3 is 18.2 Å². The molecule has 4 amide bonds. The van der Waals surface area contributed by atoms with Gasteiger partial charge in [0.1, 0.15) is 29.8 Å². The van der Waals surface area contributed by atoms with Gasteiger partial charge in [-0.05, 0) is 68.6 Å². The molecule has 3 aliphatic heterocycles. The number of hydrogen-bond acceptors (Lipinski definition) is 8. The molecule has 242 valence electrons. The van der Waals surface area contributed by atoms with Crippen molar-refractivity contribution in [2.24, 2.45) is 5.92 Å². The molecule has 0 radical (unpaired) electrons. The van der Waals surface area contributed by atoms with Crippen LogP contribution < -0.4 is 10.6 Å². The lowest BCUT2D eigenvalue weighted by molar-refractivity contribution is -0.145. The minimum Gasteiger partial charge on any atom is -0.479 e. The molecule has 0 unspecified atom stereocenters. The Balaban J connectivity index is 1.20. The Labute approximate surface area is 261 Å². The van der Waals surface area contributed by atoms with Gasteiger partial charge in [-0.1, -0.05) is 25.0 Å². The molecule has 13 nitrogen and oxygen atoms in total. The molecular weight excluding hydrogens is 582 g/mol. The molecule has 2 aliphatic carbocycles. The summed E-state index contributed by atoms with van der Waals surface area (Å²) in [4.78, 5) is 73.2. The van der Waals surface area contributed by atoms with Gasteiger partial charge in [0, 0.05) is 31.3 Å². The van der Waals surface area contributed by atoms with E-state index in [0.29, 0.717) is 25.9 Å².